The third-order valence-corrected chi connectivity index (χ3v) is 17.8. The van der Waals surface area contributed by atoms with Crippen LogP contribution >= 0.6 is 0 Å². The number of ether oxygens (including phenoxy) is 1. The second kappa shape index (κ2) is 40.2. The number of halogens is 1. The fourth-order valence-electron chi connectivity index (χ4n) is 11.5. The number of imidazole rings is 1. The van der Waals surface area contributed by atoms with Crippen LogP contribution < -0.4 is 69.4 Å². The number of nitrogens with zero attached hydrogens (tertiary/aromatic N) is 2. The van der Waals surface area contributed by atoms with Gasteiger partial charge in [-0.3, -0.25) is 67.3 Å². The Balaban J connectivity index is 1.17. The number of aryl methyl sites for hydroxylation is 2. The molecule has 0 saturated heterocycles. The Morgan fingerprint density at radius 3 is 1.81 bits per heavy atom. The average molecular weight is 1530 g/mol. The molecule has 34 nitrogen and oxygen atoms in total. The molecule has 0 spiro atoms. The van der Waals surface area contributed by atoms with E-state index in [1.165, 1.54) is 50.8 Å². The highest BCUT2D eigenvalue weighted by molar-refractivity contribution is 6.01. The number of aromatic amines is 1. The maximum atomic E-state index is 15.5. The third-order valence-electron chi connectivity index (χ3n) is 17.8. The summed E-state index contributed by atoms with van der Waals surface area (Å²) in [6.07, 6.45) is -2.39. The Labute approximate surface area is 632 Å². The first-order valence-electron chi connectivity index (χ1n) is 34.9. The Morgan fingerprint density at radius 2 is 1.22 bits per heavy atom. The first-order chi connectivity index (χ1) is 52.0. The number of primary amides is 1. The highest BCUT2D eigenvalue weighted by atomic mass is 19.1. The summed E-state index contributed by atoms with van der Waals surface area (Å²) in [5.41, 5.74) is 13.9. The highest BCUT2D eigenvalue weighted by Gasteiger charge is 2.43. The van der Waals surface area contributed by atoms with Gasteiger partial charge < -0.3 is 99.9 Å². The Morgan fingerprint density at radius 1 is 0.609 bits per heavy atom. The van der Waals surface area contributed by atoms with Crippen molar-refractivity contribution in [2.75, 3.05) is 20.3 Å². The lowest BCUT2D eigenvalue weighted by Gasteiger charge is -2.34. The first kappa shape index (κ1) is 86.8. The number of hydrogen-bond acceptors (Lipinski definition) is 20. The van der Waals surface area contributed by atoms with Gasteiger partial charge in [0.15, 0.2) is 0 Å². The average Bonchev–Trinajstić information content (AvgIpc) is 1.10. The van der Waals surface area contributed by atoms with Crippen molar-refractivity contribution in [3.05, 3.63) is 161 Å². The van der Waals surface area contributed by atoms with Gasteiger partial charge in [-0.1, -0.05) is 85.8 Å². The molecule has 11 atom stereocenters. The zero-order chi connectivity index (χ0) is 81.3. The van der Waals surface area contributed by atoms with Gasteiger partial charge in [-0.15, -0.1) is 0 Å². The van der Waals surface area contributed by atoms with Gasteiger partial charge in [0.25, 0.3) is 0 Å². The van der Waals surface area contributed by atoms with E-state index in [0.717, 1.165) is 54.7 Å². The lowest BCUT2D eigenvalue weighted by molar-refractivity contribution is -0.142. The summed E-state index contributed by atoms with van der Waals surface area (Å²) < 4.78 is 20.9. The van der Waals surface area contributed by atoms with Gasteiger partial charge >= 0.3 is 11.9 Å². The number of methoxy groups -OCH3 is 1. The van der Waals surface area contributed by atoms with Crippen LogP contribution in [0.1, 0.15) is 94.3 Å². The number of carboxylic acids is 2. The normalized spacial score (nSPS) is 14.5. The number of aliphatic hydroxyl groups is 3. The van der Waals surface area contributed by atoms with Crippen LogP contribution in [0.4, 0.5) is 4.39 Å². The quantitative estimate of drug-likeness (QED) is 0.0210. The van der Waals surface area contributed by atoms with E-state index in [4.69, 9.17) is 16.2 Å². The Bertz CT molecular complexity index is 4280. The van der Waals surface area contributed by atoms with E-state index in [0.29, 0.717) is 34.7 Å². The van der Waals surface area contributed by atoms with Crippen LogP contribution in [-0.4, -0.2) is 209 Å². The molecule has 0 unspecified atom stereocenters. The predicted octanol–water partition coefficient (Wildman–Crippen LogP) is -1.39. The number of nitrogens with one attached hydrogen (secondary N) is 11. The van der Waals surface area contributed by atoms with Gasteiger partial charge in [0, 0.05) is 55.8 Å². The number of H-pyrrole nitrogens is 1. The molecule has 0 aliphatic heterocycles. The molecule has 4 aromatic carbocycles. The number of aliphatic carboxylic acids is 2. The van der Waals surface area contributed by atoms with Crippen molar-refractivity contribution in [2.45, 2.75) is 171 Å². The molecular formula is C75H94FN15O19. The van der Waals surface area contributed by atoms with E-state index in [1.54, 1.807) is 49.6 Å². The van der Waals surface area contributed by atoms with E-state index in [9.17, 15) is 87.9 Å². The predicted molar refractivity (Wildman–Crippen MR) is 394 cm³/mol. The molecule has 2 aromatic heterocycles. The molecule has 35 heteroatoms. The lowest BCUT2D eigenvalue weighted by atomic mass is 9.90. The molecule has 0 saturated carbocycles. The summed E-state index contributed by atoms with van der Waals surface area (Å²) in [5.74, 6) is -16.2. The van der Waals surface area contributed by atoms with Gasteiger partial charge in [0.1, 0.15) is 64.9 Å². The lowest BCUT2D eigenvalue weighted by Crippen LogP contribution is -2.67. The molecule has 590 valence electrons. The van der Waals surface area contributed by atoms with Crippen molar-refractivity contribution in [3.8, 4) is 28.1 Å². The monoisotopic (exact) mass is 1530 g/mol. The van der Waals surface area contributed by atoms with Crippen LogP contribution in [-0.2, 0) is 94.4 Å². The number of carbonyl (C=O) groups is 13. The zero-order valence-corrected chi connectivity index (χ0v) is 61.8. The minimum absolute atomic E-state index is 0.00734. The van der Waals surface area contributed by atoms with Crippen LogP contribution in [0, 0.1) is 12.7 Å². The SMILES string of the molecule is CCc1cc(OC)ccc1-c1ccc(C[C@H](NC(=O)[C@H](CC(=O)O)NC(=O)[C@H](CO)NC(=O)[C@@H](NC(=O)[C@](C)(Cc2ccccc2F)NC(=O)[C@@H](NC(=O)CNC(=O)[C@H](CCC(=O)O)NC(=O)C(C)(C)NC(=O)[C@@H](N)Cc2cnc[nH]2)[C@@H](C)O)[C@@H](C)O)C(=O)N[C@@H](Cc2ccc(-c3ccccc3C)nc2)C(N)=O)cc1. The molecule has 6 rings (SSSR count). The number of hydrogen-bond donors (Lipinski definition) is 18. The summed E-state index contributed by atoms with van der Waals surface area (Å²) in [4.78, 5) is 188. The fourth-order valence-corrected chi connectivity index (χ4v) is 11.5. The molecule has 0 aliphatic carbocycles. The van der Waals surface area contributed by atoms with Crippen LogP contribution in [0.2, 0.25) is 0 Å². The molecule has 0 aliphatic rings. The van der Waals surface area contributed by atoms with Crippen LogP contribution in [0.3, 0.4) is 0 Å². The largest absolute Gasteiger partial charge is 0.497 e. The maximum absolute atomic E-state index is 15.5. The number of pyridine rings is 1. The van der Waals surface area contributed by atoms with Crippen molar-refractivity contribution < 1.29 is 97.0 Å². The summed E-state index contributed by atoms with van der Waals surface area (Å²) in [7, 11) is 1.54. The number of benzene rings is 4. The summed E-state index contributed by atoms with van der Waals surface area (Å²) in [6, 6.07) is 14.1. The molecule has 0 radical (unpaired) electrons. The first-order valence-corrected chi connectivity index (χ1v) is 34.9. The summed E-state index contributed by atoms with van der Waals surface area (Å²) in [6.45, 7) is 7.22. The van der Waals surface area contributed by atoms with E-state index < -0.39 is 193 Å². The standard InChI is InChI=1S/C75H94FN15O19/c1-9-44-30-48(110-8)23-24-50(44)45-21-18-42(19-22-45)28-56(67(103)83-55(64(78)100)29-43-20-25-53(80-34-43)49-16-12-10-14-39(49)2)84-68(104)57(32-61(98)99)85-69(105)58(37-92)86-70(106)62(40(3)93)89-73(109)75(7,33-46-15-11-13-17-51(46)76)91-71(107)63(41(4)94)88-59(95)36-81-66(102)54(26-27-60(96)97)87-72(108)74(5,6)90-65(101)52(77)31-47-35-79-38-82-47/h10-25,30,34-35,38,40-41,52,54-58,62-63,92-94H,9,26-29,31-33,36-37,77H2,1-8H3,(H2,78,100)(H,79,82)(H,81,102)(H,83,103)(H,84,104)(H,85,105)(H,86,106)(H,87,108)(H,88,95)(H,89,109)(H,90,101)(H,91,107)(H,96,97)(H,98,99)/t40-,41-,52+,54+,55+,56+,57+,58+,62+,63+,75+/m1/s1. The van der Waals surface area contributed by atoms with Gasteiger partial charge in [-0.2, -0.15) is 0 Å². The molecule has 0 fully saturated rings. The Hall–Kier alpha value is -12.1. The highest BCUT2D eigenvalue weighted by Crippen LogP contribution is 2.29. The van der Waals surface area contributed by atoms with E-state index in [1.807, 2.05) is 50.2 Å². The minimum atomic E-state index is -2.43. The molecule has 20 N–H and O–H groups in total. The van der Waals surface area contributed by atoms with Crippen molar-refractivity contribution >= 4 is 76.9 Å². The molecule has 2 heterocycles. The third kappa shape index (κ3) is 25.3. The van der Waals surface area contributed by atoms with Gasteiger partial charge in [0.05, 0.1) is 57.0 Å². The number of rotatable bonds is 41. The van der Waals surface area contributed by atoms with Crippen LogP contribution in [0.5, 0.6) is 5.75 Å². The molecule has 11 amide bonds. The van der Waals surface area contributed by atoms with Crippen molar-refractivity contribution in [2.24, 2.45) is 11.5 Å². The number of carboxylic acid groups (broad SMARTS) is 2. The zero-order valence-electron chi connectivity index (χ0n) is 61.8. The second-order valence-electron chi connectivity index (χ2n) is 27.0. The summed E-state index contributed by atoms with van der Waals surface area (Å²) >= 11 is 0. The molecule has 0 bridgehead atoms. The van der Waals surface area contributed by atoms with Crippen molar-refractivity contribution in [3.63, 3.8) is 0 Å². The minimum Gasteiger partial charge on any atom is -0.497 e. The van der Waals surface area contributed by atoms with E-state index >= 15 is 4.39 Å². The topological polar surface area (TPSA) is 546 Å². The maximum Gasteiger partial charge on any atom is 0.305 e. The molecule has 6 aromatic rings. The number of carbonyl (C=O) groups excluding carboxylic acids is 11. The van der Waals surface area contributed by atoms with Gasteiger partial charge in [0.2, 0.25) is 65.0 Å². The molecule has 110 heavy (non-hydrogen) atoms. The number of amides is 11. The van der Waals surface area contributed by atoms with E-state index in [-0.39, 0.29) is 24.8 Å². The smallest absolute Gasteiger partial charge is 0.305 e. The van der Waals surface area contributed by atoms with Gasteiger partial charge in [-0.05, 0) is 118 Å². The number of aromatic nitrogens is 3. The van der Waals surface area contributed by atoms with Crippen LogP contribution in [0.15, 0.2) is 122 Å². The van der Waals surface area contributed by atoms with Crippen LogP contribution in [0.25, 0.3) is 22.4 Å². The van der Waals surface area contributed by atoms with Crippen molar-refractivity contribution in [1.82, 2.24) is 68.1 Å². The van der Waals surface area contributed by atoms with Gasteiger partial charge in [-0.25, -0.2) is 9.37 Å². The second-order valence-corrected chi connectivity index (χ2v) is 27.0. The van der Waals surface area contributed by atoms with E-state index in [2.05, 4.69) is 68.1 Å². The molecular weight excluding hydrogens is 1430 g/mol. The van der Waals surface area contributed by atoms with Crippen molar-refractivity contribution in [1.29, 1.82) is 0 Å². The Kier molecular flexibility index (Phi) is 31.7. The fraction of sp³-hybridized carbons (Fsp3) is 0.400. The summed E-state index contributed by atoms with van der Waals surface area (Å²) in [5, 5.41) is 75.2. The number of aliphatic hydroxyl groups excluding tert-OH is 3. The number of nitrogens with two attached hydrogens (primary N) is 2.